The lowest BCUT2D eigenvalue weighted by molar-refractivity contribution is -0.147. The number of carbonyl (C=O) groups is 1. The van der Waals surface area contributed by atoms with E-state index >= 15 is 0 Å². The molecule has 3 heteroatoms. The third-order valence-electron chi connectivity index (χ3n) is 4.68. The zero-order valence-electron chi connectivity index (χ0n) is 14.4. The first-order valence-electron chi connectivity index (χ1n) is 8.86. The second kappa shape index (κ2) is 9.51. The highest BCUT2D eigenvalue weighted by molar-refractivity contribution is 5.79. The fourth-order valence-corrected chi connectivity index (χ4v) is 3.24. The Morgan fingerprint density at radius 2 is 2.00 bits per heavy atom. The van der Waals surface area contributed by atoms with Gasteiger partial charge in [-0.1, -0.05) is 56.3 Å². The molecule has 0 heterocycles. The van der Waals surface area contributed by atoms with Crippen molar-refractivity contribution in [2.24, 2.45) is 5.92 Å². The molecule has 1 aliphatic rings. The number of ether oxygens (including phenoxy) is 1. The number of likely N-dealkylation sites (N-methyl/N-ethyl adjacent to an activating group) is 1. The summed E-state index contributed by atoms with van der Waals surface area (Å²) in [6.07, 6.45) is 7.73. The van der Waals surface area contributed by atoms with Gasteiger partial charge in [0.25, 0.3) is 0 Å². The van der Waals surface area contributed by atoms with Crippen LogP contribution in [0, 0.1) is 5.92 Å². The topological polar surface area (TPSA) is 29.5 Å². The first-order chi connectivity index (χ1) is 11.3. The van der Waals surface area contributed by atoms with Gasteiger partial charge in [0.05, 0.1) is 5.92 Å². The van der Waals surface area contributed by atoms with Crippen molar-refractivity contribution in [3.63, 3.8) is 0 Å². The summed E-state index contributed by atoms with van der Waals surface area (Å²) < 4.78 is 5.63. The molecule has 2 atom stereocenters. The van der Waals surface area contributed by atoms with Gasteiger partial charge in [-0.25, -0.2) is 0 Å². The van der Waals surface area contributed by atoms with Crippen LogP contribution in [0.1, 0.15) is 44.6 Å². The smallest absolute Gasteiger partial charge is 0.314 e. The lowest BCUT2D eigenvalue weighted by Crippen LogP contribution is -2.30. The van der Waals surface area contributed by atoms with Crippen molar-refractivity contribution in [2.45, 2.75) is 39.0 Å². The highest BCUT2D eigenvalue weighted by Gasteiger charge is 2.30. The second-order valence-corrected chi connectivity index (χ2v) is 6.11. The molecule has 2 rings (SSSR count). The first kappa shape index (κ1) is 17.7. The fraction of sp³-hybridized carbons (Fsp3) is 0.550. The summed E-state index contributed by atoms with van der Waals surface area (Å²) in [6, 6.07) is 10.1. The van der Waals surface area contributed by atoms with Crippen LogP contribution in [0.5, 0.6) is 0 Å². The van der Waals surface area contributed by atoms with Crippen LogP contribution in [0.3, 0.4) is 0 Å². The summed E-state index contributed by atoms with van der Waals surface area (Å²) in [7, 11) is 0. The summed E-state index contributed by atoms with van der Waals surface area (Å²) in [5.41, 5.74) is 1.07. The first-order valence-corrected chi connectivity index (χ1v) is 8.86. The van der Waals surface area contributed by atoms with Crippen LogP contribution < -0.4 is 0 Å². The largest absolute Gasteiger partial charge is 0.464 e. The Labute approximate surface area is 140 Å². The number of rotatable bonds is 8. The Bertz CT molecular complexity index is 494. The molecule has 0 spiro atoms. The molecule has 0 saturated heterocycles. The van der Waals surface area contributed by atoms with E-state index in [4.69, 9.17) is 4.74 Å². The maximum absolute atomic E-state index is 12.7. The summed E-state index contributed by atoms with van der Waals surface area (Å²) in [5.74, 6) is -0.00328. The zero-order chi connectivity index (χ0) is 16.5. The van der Waals surface area contributed by atoms with Gasteiger partial charge >= 0.3 is 5.97 Å². The number of benzene rings is 1. The summed E-state index contributed by atoms with van der Waals surface area (Å²) >= 11 is 0. The lowest BCUT2D eigenvalue weighted by atomic mass is 9.80. The van der Waals surface area contributed by atoms with E-state index in [1.54, 1.807) is 0 Å². The van der Waals surface area contributed by atoms with E-state index in [2.05, 4.69) is 30.9 Å². The highest BCUT2D eigenvalue weighted by atomic mass is 16.5. The molecule has 1 aromatic carbocycles. The molecule has 1 aromatic rings. The predicted molar refractivity (Wildman–Crippen MR) is 94.4 cm³/mol. The predicted octanol–water partition coefficient (Wildman–Crippen LogP) is 4.01. The molecule has 0 N–H and O–H groups in total. The molecular formula is C20H29NO2. The van der Waals surface area contributed by atoms with E-state index in [0.717, 1.165) is 44.5 Å². The van der Waals surface area contributed by atoms with Crippen molar-refractivity contribution in [3.8, 4) is 0 Å². The van der Waals surface area contributed by atoms with Gasteiger partial charge in [0.15, 0.2) is 0 Å². The molecule has 0 saturated carbocycles. The number of hydrogen-bond donors (Lipinski definition) is 0. The Kier molecular flexibility index (Phi) is 7.34. The number of allylic oxidation sites excluding steroid dienone is 2. The quantitative estimate of drug-likeness (QED) is 0.536. The van der Waals surface area contributed by atoms with Gasteiger partial charge in [-0.15, -0.1) is 0 Å². The van der Waals surface area contributed by atoms with Crippen LogP contribution in [-0.2, 0) is 9.53 Å². The van der Waals surface area contributed by atoms with E-state index < -0.39 is 0 Å². The van der Waals surface area contributed by atoms with Gasteiger partial charge in [-0.3, -0.25) is 4.79 Å². The minimum Gasteiger partial charge on any atom is -0.464 e. The molecule has 23 heavy (non-hydrogen) atoms. The van der Waals surface area contributed by atoms with Gasteiger partial charge in [-0.2, -0.15) is 0 Å². The van der Waals surface area contributed by atoms with E-state index in [0.29, 0.717) is 6.61 Å². The minimum absolute atomic E-state index is 0.0834. The third-order valence-corrected chi connectivity index (χ3v) is 4.68. The van der Waals surface area contributed by atoms with E-state index in [1.807, 2.05) is 30.3 Å². The minimum atomic E-state index is -0.176. The van der Waals surface area contributed by atoms with Gasteiger partial charge in [-0.05, 0) is 43.8 Å². The third kappa shape index (κ3) is 5.21. The average molecular weight is 315 g/mol. The van der Waals surface area contributed by atoms with Gasteiger partial charge in [0.1, 0.15) is 6.61 Å². The van der Waals surface area contributed by atoms with Crippen LogP contribution in [0.2, 0.25) is 0 Å². The second-order valence-electron chi connectivity index (χ2n) is 6.11. The maximum atomic E-state index is 12.7. The number of esters is 1. The molecule has 3 nitrogen and oxygen atoms in total. The molecule has 0 fully saturated rings. The number of hydrogen-bond acceptors (Lipinski definition) is 3. The molecule has 0 amide bonds. The van der Waals surface area contributed by atoms with Crippen molar-refractivity contribution in [1.29, 1.82) is 0 Å². The molecular weight excluding hydrogens is 286 g/mol. The van der Waals surface area contributed by atoms with Crippen molar-refractivity contribution in [3.05, 3.63) is 48.0 Å². The number of carbonyl (C=O) groups excluding carboxylic acids is 1. The molecule has 0 radical (unpaired) electrons. The normalized spacial score (nSPS) is 18.8. The Balaban J connectivity index is 2.03. The van der Waals surface area contributed by atoms with Crippen LogP contribution in [0.25, 0.3) is 0 Å². The highest BCUT2D eigenvalue weighted by Crippen LogP contribution is 2.33. The molecule has 126 valence electrons. The van der Waals surface area contributed by atoms with E-state index in [9.17, 15) is 4.79 Å². The summed E-state index contributed by atoms with van der Waals surface area (Å²) in [4.78, 5) is 15.0. The monoisotopic (exact) mass is 315 g/mol. The van der Waals surface area contributed by atoms with Gasteiger partial charge in [0, 0.05) is 6.54 Å². The Morgan fingerprint density at radius 1 is 1.26 bits per heavy atom. The van der Waals surface area contributed by atoms with Crippen molar-refractivity contribution in [1.82, 2.24) is 4.90 Å². The zero-order valence-corrected chi connectivity index (χ0v) is 14.4. The van der Waals surface area contributed by atoms with Crippen LogP contribution in [0.15, 0.2) is 42.5 Å². The van der Waals surface area contributed by atoms with E-state index in [1.165, 1.54) is 0 Å². The molecule has 1 aliphatic carbocycles. The average Bonchev–Trinajstić information content (AvgIpc) is 2.61. The fourth-order valence-electron chi connectivity index (χ4n) is 3.24. The van der Waals surface area contributed by atoms with Crippen molar-refractivity contribution < 1.29 is 9.53 Å². The molecule has 2 unspecified atom stereocenters. The Morgan fingerprint density at radius 3 is 2.61 bits per heavy atom. The van der Waals surface area contributed by atoms with Gasteiger partial charge < -0.3 is 9.64 Å². The molecule has 0 aromatic heterocycles. The number of nitrogens with zero attached hydrogens (tertiary/aromatic N) is 1. The standard InChI is InChI=1S/C20H29NO2/c1-3-21(4-2)15-16-23-20(22)19(17-11-7-5-8-12-17)18-13-9-6-10-14-18/h5,7-9,11-13,18-19H,3-4,6,10,14-16H2,1-2H3. The SMILES string of the molecule is CCN(CC)CCOC(=O)C(c1ccccc1)C1C=CCCC1. The van der Waals surface area contributed by atoms with Crippen LogP contribution in [0.4, 0.5) is 0 Å². The van der Waals surface area contributed by atoms with Crippen LogP contribution in [-0.4, -0.2) is 37.1 Å². The van der Waals surface area contributed by atoms with E-state index in [-0.39, 0.29) is 17.8 Å². The van der Waals surface area contributed by atoms with Gasteiger partial charge in [0.2, 0.25) is 0 Å². The maximum Gasteiger partial charge on any atom is 0.314 e. The van der Waals surface area contributed by atoms with Crippen LogP contribution >= 0.6 is 0 Å². The summed E-state index contributed by atoms with van der Waals surface area (Å²) in [5, 5.41) is 0. The Hall–Kier alpha value is -1.61. The summed E-state index contributed by atoms with van der Waals surface area (Å²) in [6.45, 7) is 7.51. The lowest BCUT2D eigenvalue weighted by Gasteiger charge is -2.26. The molecule has 0 bridgehead atoms. The molecule has 0 aliphatic heterocycles. The van der Waals surface area contributed by atoms with Crippen molar-refractivity contribution >= 4 is 5.97 Å². The van der Waals surface area contributed by atoms with Crippen molar-refractivity contribution in [2.75, 3.05) is 26.2 Å².